The molecule has 100 valence electrons. The van der Waals surface area contributed by atoms with E-state index in [1.54, 1.807) is 0 Å². The zero-order valence-electron chi connectivity index (χ0n) is 10.2. The van der Waals surface area contributed by atoms with Crippen LogP contribution < -0.4 is 5.32 Å². The lowest BCUT2D eigenvalue weighted by molar-refractivity contribution is -0.385. The highest BCUT2D eigenvalue weighted by Crippen LogP contribution is 2.16. The summed E-state index contributed by atoms with van der Waals surface area (Å²) in [5, 5.41) is 16.6. The van der Waals surface area contributed by atoms with Gasteiger partial charge in [0.1, 0.15) is 10.8 Å². The predicted molar refractivity (Wildman–Crippen MR) is 70.4 cm³/mol. The Bertz CT molecular complexity index is 600. The van der Waals surface area contributed by atoms with Gasteiger partial charge in [-0.1, -0.05) is 0 Å². The Morgan fingerprint density at radius 1 is 1.42 bits per heavy atom. The van der Waals surface area contributed by atoms with Crippen molar-refractivity contribution in [2.24, 2.45) is 0 Å². The monoisotopic (exact) mass is 281 g/mol. The van der Waals surface area contributed by atoms with Gasteiger partial charge in [0.15, 0.2) is 0 Å². The molecular weight excluding hydrogens is 269 g/mol. The lowest BCUT2D eigenvalue weighted by atomic mass is 10.2. The first-order chi connectivity index (χ1) is 9.04. The van der Waals surface area contributed by atoms with Crippen LogP contribution in [-0.4, -0.2) is 9.91 Å². The number of hydrogen-bond acceptors (Lipinski definition) is 5. The number of nitro groups is 1. The van der Waals surface area contributed by atoms with Crippen LogP contribution in [0.4, 0.5) is 10.1 Å². The van der Waals surface area contributed by atoms with E-state index in [1.165, 1.54) is 23.5 Å². The number of aryl methyl sites for hydroxylation is 1. The summed E-state index contributed by atoms with van der Waals surface area (Å²) in [6.45, 7) is 2.83. The van der Waals surface area contributed by atoms with E-state index in [9.17, 15) is 14.5 Å². The molecule has 0 aliphatic rings. The fourth-order valence-electron chi connectivity index (χ4n) is 1.64. The second-order valence-electron chi connectivity index (χ2n) is 4.06. The van der Waals surface area contributed by atoms with Gasteiger partial charge in [-0.15, -0.1) is 11.3 Å². The van der Waals surface area contributed by atoms with Crippen molar-refractivity contribution in [1.29, 1.82) is 0 Å². The van der Waals surface area contributed by atoms with Crippen LogP contribution in [0, 0.1) is 22.9 Å². The normalized spacial score (nSPS) is 10.6. The van der Waals surface area contributed by atoms with Crippen LogP contribution in [0.15, 0.2) is 23.6 Å². The third-order valence-electron chi connectivity index (χ3n) is 2.43. The Morgan fingerprint density at radius 2 is 2.21 bits per heavy atom. The first-order valence-electron chi connectivity index (χ1n) is 5.60. The second-order valence-corrected chi connectivity index (χ2v) is 5.00. The minimum absolute atomic E-state index is 0.234. The summed E-state index contributed by atoms with van der Waals surface area (Å²) in [7, 11) is 0. The number of benzene rings is 1. The van der Waals surface area contributed by atoms with Crippen molar-refractivity contribution in [1.82, 2.24) is 10.3 Å². The summed E-state index contributed by atoms with van der Waals surface area (Å²) < 4.78 is 13.2. The minimum atomic E-state index is -0.601. The van der Waals surface area contributed by atoms with Crippen LogP contribution in [0.2, 0.25) is 0 Å². The van der Waals surface area contributed by atoms with Gasteiger partial charge >= 0.3 is 0 Å². The lowest BCUT2D eigenvalue weighted by Gasteiger charge is -2.03. The van der Waals surface area contributed by atoms with Crippen LogP contribution in [0.5, 0.6) is 0 Å². The Balaban J connectivity index is 1.97. The number of rotatable bonds is 5. The first kappa shape index (κ1) is 13.6. The molecule has 2 rings (SSSR count). The van der Waals surface area contributed by atoms with E-state index in [4.69, 9.17) is 0 Å². The number of nitrogens with one attached hydrogen (secondary N) is 1. The van der Waals surface area contributed by atoms with E-state index < -0.39 is 10.7 Å². The lowest BCUT2D eigenvalue weighted by Crippen LogP contribution is -2.12. The van der Waals surface area contributed by atoms with Gasteiger partial charge in [0.25, 0.3) is 5.69 Å². The standard InChI is InChI=1S/C12H12FN3O2S/c1-8-7-19-12(15-8)6-14-5-9-2-10(13)4-11(3-9)16(17)18/h2-4,7,14H,5-6H2,1H3. The quantitative estimate of drug-likeness (QED) is 0.676. The van der Waals surface area contributed by atoms with Crippen LogP contribution in [-0.2, 0) is 13.1 Å². The summed E-state index contributed by atoms with van der Waals surface area (Å²) in [6.07, 6.45) is 0. The highest BCUT2D eigenvalue weighted by Gasteiger charge is 2.09. The van der Waals surface area contributed by atoms with Crippen molar-refractivity contribution in [2.75, 3.05) is 0 Å². The molecule has 0 radical (unpaired) electrons. The number of aromatic nitrogens is 1. The smallest absolute Gasteiger partial charge is 0.272 e. The van der Waals surface area contributed by atoms with Gasteiger partial charge in [-0.05, 0) is 18.6 Å². The number of thiazole rings is 1. The van der Waals surface area contributed by atoms with Crippen molar-refractivity contribution in [3.63, 3.8) is 0 Å². The molecule has 0 aliphatic carbocycles. The van der Waals surface area contributed by atoms with Gasteiger partial charge in [0, 0.05) is 30.2 Å². The van der Waals surface area contributed by atoms with Crippen LogP contribution in [0.25, 0.3) is 0 Å². The molecule has 0 unspecified atom stereocenters. The van der Waals surface area contributed by atoms with Crippen LogP contribution >= 0.6 is 11.3 Å². The third kappa shape index (κ3) is 3.80. The molecule has 1 aromatic heterocycles. The van der Waals surface area contributed by atoms with Gasteiger partial charge in [-0.3, -0.25) is 10.1 Å². The van der Waals surface area contributed by atoms with E-state index in [0.717, 1.165) is 16.8 Å². The molecule has 0 fully saturated rings. The van der Waals surface area contributed by atoms with Crippen LogP contribution in [0.3, 0.4) is 0 Å². The molecule has 0 amide bonds. The molecule has 0 saturated heterocycles. The Hall–Kier alpha value is -1.86. The Kier molecular flexibility index (Phi) is 4.18. The van der Waals surface area contributed by atoms with Gasteiger partial charge in [0.2, 0.25) is 0 Å². The van der Waals surface area contributed by atoms with Crippen molar-refractivity contribution in [3.8, 4) is 0 Å². The summed E-state index contributed by atoms with van der Waals surface area (Å²) >= 11 is 1.54. The fourth-order valence-corrected chi connectivity index (χ4v) is 2.38. The number of nitrogens with zero attached hydrogens (tertiary/aromatic N) is 2. The molecule has 0 saturated carbocycles. The zero-order valence-corrected chi connectivity index (χ0v) is 11.0. The average Bonchev–Trinajstić information content (AvgIpc) is 2.74. The van der Waals surface area contributed by atoms with Crippen LogP contribution in [0.1, 0.15) is 16.3 Å². The number of nitro benzene ring substituents is 1. The van der Waals surface area contributed by atoms with Crippen molar-refractivity contribution >= 4 is 17.0 Å². The second kappa shape index (κ2) is 5.85. The fraction of sp³-hybridized carbons (Fsp3) is 0.250. The molecule has 0 atom stereocenters. The predicted octanol–water partition coefficient (Wildman–Crippen LogP) is 2.79. The van der Waals surface area contributed by atoms with Crippen molar-refractivity contribution in [2.45, 2.75) is 20.0 Å². The van der Waals surface area contributed by atoms with Gasteiger partial charge in [-0.2, -0.15) is 0 Å². The number of non-ortho nitro benzene ring substituents is 1. The topological polar surface area (TPSA) is 68.1 Å². The van der Waals surface area contributed by atoms with Crippen molar-refractivity contribution in [3.05, 3.63) is 55.8 Å². The largest absolute Gasteiger partial charge is 0.306 e. The highest BCUT2D eigenvalue weighted by molar-refractivity contribution is 7.09. The molecule has 1 heterocycles. The summed E-state index contributed by atoms with van der Waals surface area (Å²) in [5.41, 5.74) is 1.27. The minimum Gasteiger partial charge on any atom is -0.306 e. The summed E-state index contributed by atoms with van der Waals surface area (Å²) in [5.74, 6) is -0.601. The first-order valence-corrected chi connectivity index (χ1v) is 6.48. The molecule has 0 spiro atoms. The molecule has 19 heavy (non-hydrogen) atoms. The van der Waals surface area contributed by atoms with E-state index in [-0.39, 0.29) is 5.69 Å². The van der Waals surface area contributed by atoms with E-state index >= 15 is 0 Å². The van der Waals surface area contributed by atoms with Gasteiger partial charge in [0.05, 0.1) is 11.0 Å². The third-order valence-corrected chi connectivity index (χ3v) is 3.39. The average molecular weight is 281 g/mol. The maximum absolute atomic E-state index is 13.2. The van der Waals surface area contributed by atoms with Crippen molar-refractivity contribution < 1.29 is 9.31 Å². The molecular formula is C12H12FN3O2S. The number of halogens is 1. The maximum Gasteiger partial charge on any atom is 0.272 e. The molecule has 1 N–H and O–H groups in total. The highest BCUT2D eigenvalue weighted by atomic mass is 32.1. The van der Waals surface area contributed by atoms with E-state index in [2.05, 4.69) is 10.3 Å². The molecule has 0 bridgehead atoms. The van der Waals surface area contributed by atoms with E-state index in [0.29, 0.717) is 18.7 Å². The molecule has 2 aromatic rings. The van der Waals surface area contributed by atoms with Gasteiger partial charge < -0.3 is 5.32 Å². The van der Waals surface area contributed by atoms with E-state index in [1.807, 2.05) is 12.3 Å². The molecule has 1 aromatic carbocycles. The molecule has 0 aliphatic heterocycles. The molecule has 5 nitrogen and oxygen atoms in total. The van der Waals surface area contributed by atoms with Gasteiger partial charge in [-0.25, -0.2) is 9.37 Å². The Morgan fingerprint density at radius 3 is 2.84 bits per heavy atom. The number of hydrogen-bond donors (Lipinski definition) is 1. The summed E-state index contributed by atoms with van der Waals surface area (Å²) in [6, 6.07) is 3.56. The SMILES string of the molecule is Cc1csc(CNCc2cc(F)cc([N+](=O)[O-])c2)n1. The maximum atomic E-state index is 13.2. The Labute approximate surface area is 113 Å². The summed E-state index contributed by atoms with van der Waals surface area (Å²) in [4.78, 5) is 14.3. The zero-order chi connectivity index (χ0) is 13.8. The molecule has 7 heteroatoms.